The number of hydrogen-bond acceptors (Lipinski definition) is 5. The molecule has 0 spiro atoms. The number of nitrogens with one attached hydrogen (secondary N) is 1. The minimum Gasteiger partial charge on any atom is -0.344 e. The van der Waals surface area contributed by atoms with Gasteiger partial charge in [0.2, 0.25) is 0 Å². The van der Waals surface area contributed by atoms with Gasteiger partial charge in [0.1, 0.15) is 17.6 Å². The highest BCUT2D eigenvalue weighted by Gasteiger charge is 2.18. The number of rotatable bonds is 5. The van der Waals surface area contributed by atoms with Crippen LogP contribution < -0.4 is 5.32 Å². The maximum atomic E-state index is 13.7. The van der Waals surface area contributed by atoms with Crippen molar-refractivity contribution in [2.45, 2.75) is 13.0 Å². The van der Waals surface area contributed by atoms with Crippen molar-refractivity contribution in [1.82, 2.24) is 25.1 Å². The molecular weight excluding hydrogens is 443 g/mol. The highest BCUT2D eigenvalue weighted by atomic mass is 35.5. The maximum Gasteiger partial charge on any atom is 0.270 e. The molecule has 9 heteroatoms. The summed E-state index contributed by atoms with van der Waals surface area (Å²) in [5.41, 5.74) is 2.65. The first-order chi connectivity index (χ1) is 15.8. The molecule has 4 aromatic rings. The number of nitrogens with zero attached hydrogens (tertiary/aromatic N) is 5. The van der Waals surface area contributed by atoms with Crippen molar-refractivity contribution in [2.24, 2.45) is 7.05 Å². The summed E-state index contributed by atoms with van der Waals surface area (Å²) >= 11 is 6.01. The molecule has 164 valence electrons. The van der Waals surface area contributed by atoms with Crippen LogP contribution in [-0.2, 0) is 7.05 Å². The molecule has 2 heterocycles. The lowest BCUT2D eigenvalue weighted by Gasteiger charge is -2.15. The van der Waals surface area contributed by atoms with E-state index in [-0.39, 0.29) is 11.3 Å². The first-order valence-corrected chi connectivity index (χ1v) is 10.4. The Labute approximate surface area is 194 Å². The normalized spacial score (nSPS) is 11.6. The zero-order valence-corrected chi connectivity index (χ0v) is 18.5. The zero-order chi connectivity index (χ0) is 23.5. The lowest BCUT2D eigenvalue weighted by Crippen LogP contribution is -2.28. The molecule has 7 nitrogen and oxygen atoms in total. The van der Waals surface area contributed by atoms with E-state index in [9.17, 15) is 9.18 Å². The molecule has 1 N–H and O–H groups in total. The quantitative estimate of drug-likeness (QED) is 0.465. The number of hydrogen-bond donors (Lipinski definition) is 1. The Kier molecular flexibility index (Phi) is 6.16. The van der Waals surface area contributed by atoms with Gasteiger partial charge < -0.3 is 5.32 Å². The molecule has 0 bridgehead atoms. The van der Waals surface area contributed by atoms with Gasteiger partial charge in [-0.15, -0.1) is 0 Å². The maximum absolute atomic E-state index is 13.7. The Morgan fingerprint density at radius 3 is 2.58 bits per heavy atom. The molecule has 0 aliphatic carbocycles. The van der Waals surface area contributed by atoms with Gasteiger partial charge in [0, 0.05) is 23.8 Å². The molecule has 2 aromatic carbocycles. The van der Waals surface area contributed by atoms with Gasteiger partial charge in [-0.1, -0.05) is 29.8 Å². The van der Waals surface area contributed by atoms with Crippen molar-refractivity contribution in [3.05, 3.63) is 88.6 Å². The summed E-state index contributed by atoms with van der Waals surface area (Å²) in [6.07, 6.45) is 3.38. The molecular formula is C24H18ClFN6O. The molecule has 2 aromatic heterocycles. The number of benzene rings is 2. The van der Waals surface area contributed by atoms with Gasteiger partial charge in [0.05, 0.1) is 29.1 Å². The molecule has 0 saturated carbocycles. The first kappa shape index (κ1) is 22.1. The van der Waals surface area contributed by atoms with E-state index in [2.05, 4.69) is 20.4 Å². The lowest BCUT2D eigenvalue weighted by molar-refractivity contribution is 0.0935. The molecule has 1 atom stereocenters. The topological polar surface area (TPSA) is 96.5 Å². The smallest absolute Gasteiger partial charge is 0.270 e. The Morgan fingerprint density at radius 1 is 1.15 bits per heavy atom. The van der Waals surface area contributed by atoms with Gasteiger partial charge in [-0.2, -0.15) is 10.4 Å². The van der Waals surface area contributed by atoms with Crippen LogP contribution in [0.1, 0.15) is 34.6 Å². The van der Waals surface area contributed by atoms with Gasteiger partial charge in [0.25, 0.3) is 5.91 Å². The second kappa shape index (κ2) is 9.18. The Hall–Kier alpha value is -4.09. The van der Waals surface area contributed by atoms with Crippen molar-refractivity contribution in [2.75, 3.05) is 0 Å². The van der Waals surface area contributed by atoms with E-state index < -0.39 is 17.8 Å². The SMILES string of the molecule is C[C@H](NC(=O)c1cc(-c2ccc(Cl)cc2)nc(-c2cnn(C)c2)n1)c1ccc(F)c(C#N)c1. The molecule has 4 rings (SSSR count). The fourth-order valence-corrected chi connectivity index (χ4v) is 3.38. The number of carbonyl (C=O) groups excluding carboxylic acids is 1. The van der Waals surface area contributed by atoms with Crippen LogP contribution >= 0.6 is 11.6 Å². The molecule has 1 amide bonds. The third-order valence-corrected chi connectivity index (χ3v) is 5.27. The van der Waals surface area contributed by atoms with E-state index in [1.54, 1.807) is 49.2 Å². The number of aryl methyl sites for hydroxylation is 1. The lowest BCUT2D eigenvalue weighted by atomic mass is 10.0. The number of nitriles is 1. The monoisotopic (exact) mass is 460 g/mol. The fourth-order valence-electron chi connectivity index (χ4n) is 3.25. The highest BCUT2D eigenvalue weighted by Crippen LogP contribution is 2.24. The fraction of sp³-hybridized carbons (Fsp3) is 0.125. The highest BCUT2D eigenvalue weighted by molar-refractivity contribution is 6.30. The van der Waals surface area contributed by atoms with E-state index >= 15 is 0 Å². The van der Waals surface area contributed by atoms with E-state index in [0.29, 0.717) is 27.7 Å². The number of amides is 1. The molecule has 0 unspecified atom stereocenters. The Balaban J connectivity index is 1.69. The zero-order valence-electron chi connectivity index (χ0n) is 17.8. The van der Waals surface area contributed by atoms with Gasteiger partial charge in [-0.05, 0) is 42.8 Å². The molecule has 0 aliphatic heterocycles. The third-order valence-electron chi connectivity index (χ3n) is 5.02. The molecule has 0 radical (unpaired) electrons. The minimum atomic E-state index is -0.607. The van der Waals surface area contributed by atoms with Crippen LogP contribution in [0.4, 0.5) is 4.39 Å². The van der Waals surface area contributed by atoms with Crippen LogP contribution in [0.3, 0.4) is 0 Å². The largest absolute Gasteiger partial charge is 0.344 e. The van der Waals surface area contributed by atoms with E-state index in [4.69, 9.17) is 16.9 Å². The summed E-state index contributed by atoms with van der Waals surface area (Å²) < 4.78 is 15.3. The van der Waals surface area contributed by atoms with Crippen molar-refractivity contribution >= 4 is 17.5 Å². The minimum absolute atomic E-state index is 0.0838. The van der Waals surface area contributed by atoms with Crippen molar-refractivity contribution in [3.63, 3.8) is 0 Å². The third kappa shape index (κ3) is 4.89. The first-order valence-electron chi connectivity index (χ1n) is 9.98. The second-order valence-corrected chi connectivity index (χ2v) is 7.85. The summed E-state index contributed by atoms with van der Waals surface area (Å²) in [4.78, 5) is 22.1. The van der Waals surface area contributed by atoms with Crippen LogP contribution in [0, 0.1) is 17.1 Å². The predicted molar refractivity (Wildman–Crippen MR) is 122 cm³/mol. The predicted octanol–water partition coefficient (Wildman–Crippen LogP) is 4.70. The van der Waals surface area contributed by atoms with Crippen LogP contribution in [0.15, 0.2) is 60.9 Å². The summed E-state index contributed by atoms with van der Waals surface area (Å²) in [7, 11) is 1.78. The van der Waals surface area contributed by atoms with Gasteiger partial charge in [0.15, 0.2) is 5.82 Å². The number of aromatic nitrogens is 4. The Morgan fingerprint density at radius 2 is 1.91 bits per heavy atom. The Bertz CT molecular complexity index is 1380. The van der Waals surface area contributed by atoms with Gasteiger partial charge in [-0.25, -0.2) is 14.4 Å². The van der Waals surface area contributed by atoms with Crippen molar-refractivity contribution in [3.8, 4) is 28.7 Å². The van der Waals surface area contributed by atoms with Crippen LogP contribution in [-0.4, -0.2) is 25.7 Å². The average Bonchev–Trinajstić information content (AvgIpc) is 3.25. The molecule has 0 fully saturated rings. The van der Waals surface area contributed by atoms with E-state index in [1.807, 2.05) is 18.2 Å². The second-order valence-electron chi connectivity index (χ2n) is 7.42. The number of carbonyl (C=O) groups is 1. The molecule has 0 saturated heterocycles. The summed E-state index contributed by atoms with van der Waals surface area (Å²) in [5, 5.41) is 16.7. The molecule has 0 aliphatic rings. The van der Waals surface area contributed by atoms with Crippen molar-refractivity contribution in [1.29, 1.82) is 5.26 Å². The summed E-state index contributed by atoms with van der Waals surface area (Å²) in [6.45, 7) is 1.75. The summed E-state index contributed by atoms with van der Waals surface area (Å²) in [5.74, 6) is -0.695. The molecule has 33 heavy (non-hydrogen) atoms. The van der Waals surface area contributed by atoms with Crippen molar-refractivity contribution < 1.29 is 9.18 Å². The van der Waals surface area contributed by atoms with Gasteiger partial charge in [-0.3, -0.25) is 9.48 Å². The van der Waals surface area contributed by atoms with Crippen LogP contribution in [0.5, 0.6) is 0 Å². The van der Waals surface area contributed by atoms with Crippen LogP contribution in [0.2, 0.25) is 5.02 Å². The van der Waals surface area contributed by atoms with E-state index in [0.717, 1.165) is 5.56 Å². The average molecular weight is 461 g/mol. The van der Waals surface area contributed by atoms with Crippen LogP contribution in [0.25, 0.3) is 22.6 Å². The summed E-state index contributed by atoms with van der Waals surface area (Å²) in [6, 6.07) is 14.2. The van der Waals surface area contributed by atoms with E-state index in [1.165, 1.54) is 18.2 Å². The van der Waals surface area contributed by atoms with Gasteiger partial charge >= 0.3 is 0 Å². The number of halogens is 2. The standard InChI is InChI=1S/C24H18ClFN6O/c1-14(16-5-8-20(26)17(9-16)11-27)29-24(33)22-10-21(15-3-6-19(25)7-4-15)30-23(31-22)18-12-28-32(2)13-18/h3-10,12-14H,1-2H3,(H,29,33)/t14-/m0/s1.